The average Bonchev–Trinajstić information content (AvgIpc) is 2.26. The third-order valence-electron chi connectivity index (χ3n) is 3.15. The molecule has 1 aliphatic rings. The van der Waals surface area contributed by atoms with E-state index in [4.69, 9.17) is 4.74 Å². The Morgan fingerprint density at radius 3 is 2.93 bits per heavy atom. The zero-order valence-corrected chi connectivity index (χ0v) is 9.75. The summed E-state index contributed by atoms with van der Waals surface area (Å²) in [6, 6.07) is 0.687. The van der Waals surface area contributed by atoms with Gasteiger partial charge in [0.15, 0.2) is 0 Å². The molecule has 0 spiro atoms. The molecule has 1 N–H and O–H groups in total. The first kappa shape index (κ1) is 12.0. The molecule has 2 unspecified atom stereocenters. The molecular weight excluding hydrogens is 176 g/mol. The summed E-state index contributed by atoms with van der Waals surface area (Å²) in [5.41, 5.74) is 0. The Morgan fingerprint density at radius 1 is 1.57 bits per heavy atom. The van der Waals surface area contributed by atoms with E-state index in [9.17, 15) is 0 Å². The van der Waals surface area contributed by atoms with Crippen molar-refractivity contribution in [3.05, 3.63) is 0 Å². The van der Waals surface area contributed by atoms with E-state index in [1.54, 1.807) is 0 Å². The second kappa shape index (κ2) is 6.38. The molecule has 0 aromatic rings. The molecule has 0 saturated carbocycles. The highest BCUT2D eigenvalue weighted by molar-refractivity contribution is 4.70. The van der Waals surface area contributed by atoms with Gasteiger partial charge in [-0.1, -0.05) is 6.92 Å². The van der Waals surface area contributed by atoms with E-state index in [0.717, 1.165) is 32.7 Å². The summed E-state index contributed by atoms with van der Waals surface area (Å²) in [4.78, 5) is 2.41. The van der Waals surface area contributed by atoms with Gasteiger partial charge in [-0.2, -0.15) is 0 Å². The summed E-state index contributed by atoms with van der Waals surface area (Å²) in [6.07, 6.45) is 2.80. The molecular formula is C11H24N2O. The lowest BCUT2D eigenvalue weighted by atomic mass is 10.2. The largest absolute Gasteiger partial charge is 0.376 e. The summed E-state index contributed by atoms with van der Waals surface area (Å²) in [5.74, 6) is 0. The molecule has 2 atom stereocenters. The molecule has 0 aromatic heterocycles. The van der Waals surface area contributed by atoms with Crippen molar-refractivity contribution in [3.63, 3.8) is 0 Å². The Hall–Kier alpha value is -0.120. The number of nitrogens with zero attached hydrogens (tertiary/aromatic N) is 1. The lowest BCUT2D eigenvalue weighted by Gasteiger charge is -2.28. The maximum atomic E-state index is 5.65. The van der Waals surface area contributed by atoms with Crippen LogP contribution in [0, 0.1) is 0 Å². The zero-order chi connectivity index (χ0) is 10.4. The summed E-state index contributed by atoms with van der Waals surface area (Å²) in [6.45, 7) is 8.56. The van der Waals surface area contributed by atoms with Gasteiger partial charge < -0.3 is 15.0 Å². The van der Waals surface area contributed by atoms with E-state index < -0.39 is 0 Å². The minimum absolute atomic E-state index is 0.426. The standard InChI is InChI=1S/C11H24N2O/c1-4-10(2)13(3)7-5-11-9-12-6-8-14-11/h10-12H,4-9H2,1-3H3. The van der Waals surface area contributed by atoms with Crippen molar-refractivity contribution in [1.82, 2.24) is 10.2 Å². The van der Waals surface area contributed by atoms with Crippen LogP contribution in [0.3, 0.4) is 0 Å². The van der Waals surface area contributed by atoms with Gasteiger partial charge in [-0.05, 0) is 26.8 Å². The molecule has 0 aliphatic carbocycles. The maximum absolute atomic E-state index is 5.65. The molecule has 1 saturated heterocycles. The Labute approximate surface area is 87.8 Å². The van der Waals surface area contributed by atoms with Crippen LogP contribution >= 0.6 is 0 Å². The summed E-state index contributed by atoms with van der Waals surface area (Å²) < 4.78 is 5.65. The average molecular weight is 200 g/mol. The van der Waals surface area contributed by atoms with E-state index in [-0.39, 0.29) is 0 Å². The molecule has 1 aliphatic heterocycles. The van der Waals surface area contributed by atoms with Gasteiger partial charge in [-0.15, -0.1) is 0 Å². The van der Waals surface area contributed by atoms with Crippen molar-refractivity contribution in [2.75, 3.05) is 33.3 Å². The van der Waals surface area contributed by atoms with Gasteiger partial charge >= 0.3 is 0 Å². The first-order valence-electron chi connectivity index (χ1n) is 5.76. The zero-order valence-electron chi connectivity index (χ0n) is 9.75. The van der Waals surface area contributed by atoms with Gasteiger partial charge in [0, 0.05) is 25.7 Å². The second-order valence-corrected chi connectivity index (χ2v) is 4.22. The molecule has 1 fully saturated rings. The molecule has 84 valence electrons. The Kier molecular flexibility index (Phi) is 5.45. The van der Waals surface area contributed by atoms with Crippen molar-refractivity contribution < 1.29 is 4.74 Å². The van der Waals surface area contributed by atoms with Gasteiger partial charge in [-0.25, -0.2) is 0 Å². The maximum Gasteiger partial charge on any atom is 0.0712 e. The Morgan fingerprint density at radius 2 is 2.36 bits per heavy atom. The SMILES string of the molecule is CCC(C)N(C)CCC1CNCCO1. The van der Waals surface area contributed by atoms with E-state index in [2.05, 4.69) is 31.1 Å². The normalized spacial score (nSPS) is 25.3. The van der Waals surface area contributed by atoms with Crippen molar-refractivity contribution in [1.29, 1.82) is 0 Å². The number of ether oxygens (including phenoxy) is 1. The van der Waals surface area contributed by atoms with Crippen LogP contribution in [-0.2, 0) is 4.74 Å². The smallest absolute Gasteiger partial charge is 0.0712 e. The van der Waals surface area contributed by atoms with Crippen LogP contribution in [0.5, 0.6) is 0 Å². The van der Waals surface area contributed by atoms with Gasteiger partial charge in [0.05, 0.1) is 12.7 Å². The van der Waals surface area contributed by atoms with Crippen molar-refractivity contribution >= 4 is 0 Å². The molecule has 0 radical (unpaired) electrons. The third-order valence-corrected chi connectivity index (χ3v) is 3.15. The lowest BCUT2D eigenvalue weighted by molar-refractivity contribution is 0.0168. The Balaban J connectivity index is 2.12. The van der Waals surface area contributed by atoms with E-state index >= 15 is 0 Å². The number of rotatable bonds is 5. The fourth-order valence-electron chi connectivity index (χ4n) is 1.68. The highest BCUT2D eigenvalue weighted by atomic mass is 16.5. The first-order valence-corrected chi connectivity index (χ1v) is 5.76. The van der Waals surface area contributed by atoms with Crippen LogP contribution in [0.2, 0.25) is 0 Å². The van der Waals surface area contributed by atoms with Gasteiger partial charge in [0.2, 0.25) is 0 Å². The van der Waals surface area contributed by atoms with Crippen LogP contribution in [0.15, 0.2) is 0 Å². The Bertz CT molecular complexity index is 144. The number of nitrogens with one attached hydrogen (secondary N) is 1. The highest BCUT2D eigenvalue weighted by Gasteiger charge is 2.15. The number of hydrogen-bond acceptors (Lipinski definition) is 3. The predicted molar refractivity (Wildman–Crippen MR) is 59.6 cm³/mol. The van der Waals surface area contributed by atoms with Crippen LogP contribution in [0.25, 0.3) is 0 Å². The fraction of sp³-hybridized carbons (Fsp3) is 1.00. The van der Waals surface area contributed by atoms with Crippen molar-refractivity contribution in [2.45, 2.75) is 38.8 Å². The topological polar surface area (TPSA) is 24.5 Å². The first-order chi connectivity index (χ1) is 6.74. The van der Waals surface area contributed by atoms with Crippen LogP contribution in [-0.4, -0.2) is 50.3 Å². The van der Waals surface area contributed by atoms with Crippen molar-refractivity contribution in [2.24, 2.45) is 0 Å². The van der Waals surface area contributed by atoms with E-state index in [1.807, 2.05) is 0 Å². The molecule has 1 heterocycles. The minimum Gasteiger partial charge on any atom is -0.376 e. The van der Waals surface area contributed by atoms with Crippen LogP contribution < -0.4 is 5.32 Å². The molecule has 0 aromatic carbocycles. The molecule has 3 heteroatoms. The van der Waals surface area contributed by atoms with Gasteiger partial charge in [-0.3, -0.25) is 0 Å². The fourth-order valence-corrected chi connectivity index (χ4v) is 1.68. The summed E-state index contributed by atoms with van der Waals surface area (Å²) >= 11 is 0. The molecule has 0 amide bonds. The third kappa shape index (κ3) is 3.95. The van der Waals surface area contributed by atoms with Gasteiger partial charge in [0.25, 0.3) is 0 Å². The highest BCUT2D eigenvalue weighted by Crippen LogP contribution is 2.06. The quantitative estimate of drug-likeness (QED) is 0.719. The number of morpholine rings is 1. The monoisotopic (exact) mass is 200 g/mol. The molecule has 1 rings (SSSR count). The predicted octanol–water partition coefficient (Wildman–Crippen LogP) is 1.10. The van der Waals surface area contributed by atoms with Crippen molar-refractivity contribution in [3.8, 4) is 0 Å². The summed E-state index contributed by atoms with van der Waals surface area (Å²) in [7, 11) is 2.20. The van der Waals surface area contributed by atoms with Gasteiger partial charge in [0.1, 0.15) is 0 Å². The molecule has 14 heavy (non-hydrogen) atoms. The second-order valence-electron chi connectivity index (χ2n) is 4.22. The summed E-state index contributed by atoms with van der Waals surface area (Å²) in [5, 5.41) is 3.36. The van der Waals surface area contributed by atoms with E-state index in [0.29, 0.717) is 12.1 Å². The van der Waals surface area contributed by atoms with Crippen LogP contribution in [0.1, 0.15) is 26.7 Å². The lowest BCUT2D eigenvalue weighted by Crippen LogP contribution is -2.41. The molecule has 3 nitrogen and oxygen atoms in total. The number of hydrogen-bond donors (Lipinski definition) is 1. The van der Waals surface area contributed by atoms with E-state index in [1.165, 1.54) is 6.42 Å². The van der Waals surface area contributed by atoms with Crippen LogP contribution in [0.4, 0.5) is 0 Å². The molecule has 0 bridgehead atoms. The minimum atomic E-state index is 0.426.